The first-order chi connectivity index (χ1) is 9.66. The number of para-hydroxylation sites is 1. The minimum atomic E-state index is -1.16. The van der Waals surface area contributed by atoms with Gasteiger partial charge in [0.2, 0.25) is 5.76 Å². The number of hydrogen-bond donors (Lipinski definition) is 1. The third-order valence-electron chi connectivity index (χ3n) is 3.00. The van der Waals surface area contributed by atoms with Crippen LogP contribution in [-0.4, -0.2) is 20.6 Å². The second kappa shape index (κ2) is 4.65. The number of rotatable bonds is 3. The van der Waals surface area contributed by atoms with Crippen molar-refractivity contribution in [2.24, 2.45) is 0 Å². The quantitative estimate of drug-likeness (QED) is 0.783. The van der Waals surface area contributed by atoms with Crippen LogP contribution in [0.4, 0.5) is 0 Å². The number of benzene rings is 1. The maximum absolute atomic E-state index is 11.6. The van der Waals surface area contributed by atoms with Crippen molar-refractivity contribution in [3.8, 4) is 0 Å². The van der Waals surface area contributed by atoms with Crippen molar-refractivity contribution in [3.05, 3.63) is 64.5 Å². The highest BCUT2D eigenvalue weighted by Gasteiger charge is 2.20. The van der Waals surface area contributed by atoms with E-state index >= 15 is 0 Å². The van der Waals surface area contributed by atoms with E-state index in [0.29, 0.717) is 16.5 Å². The zero-order valence-electron chi connectivity index (χ0n) is 10.3. The second-order valence-corrected chi connectivity index (χ2v) is 4.24. The van der Waals surface area contributed by atoms with Crippen molar-refractivity contribution < 1.29 is 14.3 Å². The van der Waals surface area contributed by atoms with E-state index in [-0.39, 0.29) is 12.3 Å². The molecule has 6 heteroatoms. The first-order valence-corrected chi connectivity index (χ1v) is 5.92. The van der Waals surface area contributed by atoms with Gasteiger partial charge in [-0.3, -0.25) is 4.57 Å². The van der Waals surface area contributed by atoms with Gasteiger partial charge in [-0.15, -0.1) is 0 Å². The first-order valence-electron chi connectivity index (χ1n) is 5.92. The normalized spacial score (nSPS) is 10.8. The van der Waals surface area contributed by atoms with Gasteiger partial charge < -0.3 is 9.52 Å². The first kappa shape index (κ1) is 12.2. The van der Waals surface area contributed by atoms with Gasteiger partial charge in [-0.2, -0.15) is 0 Å². The molecule has 0 unspecified atom stereocenters. The number of carboxylic acids is 1. The lowest BCUT2D eigenvalue weighted by Crippen LogP contribution is -2.22. The van der Waals surface area contributed by atoms with Crippen LogP contribution in [0.25, 0.3) is 11.0 Å². The molecular formula is C14H10N2O4. The number of carboxylic acid groups (broad SMARTS) is 1. The Bertz CT molecular complexity index is 848. The van der Waals surface area contributed by atoms with Crippen LogP contribution in [0.5, 0.6) is 0 Å². The number of fused-ring (bicyclic) bond motifs is 1. The fraction of sp³-hybridized carbons (Fsp3) is 0.0714. The fourth-order valence-corrected chi connectivity index (χ4v) is 2.11. The third kappa shape index (κ3) is 1.97. The number of nitrogens with zero attached hydrogens (tertiary/aromatic N) is 2. The zero-order chi connectivity index (χ0) is 14.1. The van der Waals surface area contributed by atoms with E-state index in [1.54, 1.807) is 36.5 Å². The summed E-state index contributed by atoms with van der Waals surface area (Å²) in [5, 5.41) is 9.90. The van der Waals surface area contributed by atoms with Crippen molar-refractivity contribution in [2.75, 3.05) is 0 Å². The summed E-state index contributed by atoms with van der Waals surface area (Å²) < 4.78 is 6.67. The summed E-state index contributed by atoms with van der Waals surface area (Å²) in [5.41, 5.74) is 0.508. The molecule has 2 aromatic heterocycles. The van der Waals surface area contributed by atoms with E-state index in [0.717, 1.165) is 0 Å². The molecule has 6 nitrogen and oxygen atoms in total. The number of aromatic carboxylic acids is 1. The van der Waals surface area contributed by atoms with E-state index in [2.05, 4.69) is 4.98 Å². The average Bonchev–Trinajstić information content (AvgIpc) is 2.81. The lowest BCUT2D eigenvalue weighted by molar-refractivity contribution is 0.0663. The Balaban J connectivity index is 2.19. The maximum Gasteiger partial charge on any atom is 0.372 e. The van der Waals surface area contributed by atoms with Gasteiger partial charge in [-0.25, -0.2) is 14.6 Å². The molecule has 1 aromatic carbocycles. The summed E-state index contributed by atoms with van der Waals surface area (Å²) in [7, 11) is 0. The average molecular weight is 270 g/mol. The molecule has 0 atom stereocenters. The molecule has 0 amide bonds. The van der Waals surface area contributed by atoms with Gasteiger partial charge in [-0.1, -0.05) is 18.2 Å². The van der Waals surface area contributed by atoms with Crippen molar-refractivity contribution >= 4 is 16.9 Å². The molecule has 0 aliphatic carbocycles. The lowest BCUT2D eigenvalue weighted by atomic mass is 10.1. The molecule has 0 bridgehead atoms. The minimum Gasteiger partial charge on any atom is -0.475 e. The highest BCUT2D eigenvalue weighted by atomic mass is 16.4. The van der Waals surface area contributed by atoms with Crippen LogP contribution in [0, 0.1) is 0 Å². The van der Waals surface area contributed by atoms with Gasteiger partial charge in [0.15, 0.2) is 0 Å². The summed E-state index contributed by atoms with van der Waals surface area (Å²) in [5.74, 6) is -1.31. The van der Waals surface area contributed by atoms with Crippen LogP contribution in [0.3, 0.4) is 0 Å². The Hall–Kier alpha value is -2.89. The molecule has 100 valence electrons. The molecule has 0 fully saturated rings. The van der Waals surface area contributed by atoms with Gasteiger partial charge in [0.25, 0.3) is 0 Å². The largest absolute Gasteiger partial charge is 0.475 e. The smallest absolute Gasteiger partial charge is 0.372 e. The highest BCUT2D eigenvalue weighted by Crippen LogP contribution is 2.26. The van der Waals surface area contributed by atoms with Gasteiger partial charge in [0.05, 0.1) is 6.54 Å². The molecule has 0 saturated carbocycles. The summed E-state index contributed by atoms with van der Waals surface area (Å²) >= 11 is 0. The summed E-state index contributed by atoms with van der Waals surface area (Å²) in [6.07, 6.45) is 2.95. The number of furan rings is 1. The van der Waals surface area contributed by atoms with Crippen molar-refractivity contribution in [3.63, 3.8) is 0 Å². The molecule has 0 radical (unpaired) electrons. The second-order valence-electron chi connectivity index (χ2n) is 4.24. The summed E-state index contributed by atoms with van der Waals surface area (Å²) in [6, 6.07) is 8.62. The van der Waals surface area contributed by atoms with Crippen molar-refractivity contribution in [1.29, 1.82) is 0 Å². The van der Waals surface area contributed by atoms with Gasteiger partial charge in [0, 0.05) is 23.3 Å². The molecule has 0 spiro atoms. The predicted molar refractivity (Wildman–Crippen MR) is 70.8 cm³/mol. The van der Waals surface area contributed by atoms with Crippen molar-refractivity contribution in [1.82, 2.24) is 9.55 Å². The number of hydrogen-bond acceptors (Lipinski definition) is 4. The predicted octanol–water partition coefficient (Wildman–Crippen LogP) is 1.74. The molecule has 3 aromatic rings. The summed E-state index contributed by atoms with van der Waals surface area (Å²) in [6.45, 7) is 0.102. The van der Waals surface area contributed by atoms with E-state index in [4.69, 9.17) is 4.42 Å². The Morgan fingerprint density at radius 3 is 2.85 bits per heavy atom. The summed E-state index contributed by atoms with van der Waals surface area (Å²) in [4.78, 5) is 26.5. The Morgan fingerprint density at radius 1 is 1.30 bits per heavy atom. The molecule has 1 N–H and O–H groups in total. The van der Waals surface area contributed by atoms with Gasteiger partial charge in [0.1, 0.15) is 5.58 Å². The topological polar surface area (TPSA) is 85.3 Å². The zero-order valence-corrected chi connectivity index (χ0v) is 10.3. The maximum atomic E-state index is 11.6. The SMILES string of the molecule is O=C(O)c1oc2ccccc2c1Cn1cccnc1=O. The monoisotopic (exact) mass is 270 g/mol. The van der Waals surface area contributed by atoms with Crippen LogP contribution in [0.15, 0.2) is 51.9 Å². The van der Waals surface area contributed by atoms with Crippen LogP contribution in [-0.2, 0) is 6.54 Å². The minimum absolute atomic E-state index is 0.102. The van der Waals surface area contributed by atoms with Gasteiger partial charge >= 0.3 is 11.7 Å². The van der Waals surface area contributed by atoms with Crippen molar-refractivity contribution in [2.45, 2.75) is 6.54 Å². The van der Waals surface area contributed by atoms with E-state index in [1.165, 1.54) is 10.8 Å². The standard InChI is InChI=1S/C14H10N2O4/c17-13(18)12-10(8-16-7-3-6-15-14(16)19)9-4-1-2-5-11(9)20-12/h1-7H,8H2,(H,17,18). The van der Waals surface area contributed by atoms with E-state index in [1.807, 2.05) is 0 Å². The molecule has 0 aliphatic rings. The van der Waals surface area contributed by atoms with Crippen LogP contribution >= 0.6 is 0 Å². The fourth-order valence-electron chi connectivity index (χ4n) is 2.11. The number of aromatic nitrogens is 2. The molecule has 2 heterocycles. The van der Waals surface area contributed by atoms with E-state index in [9.17, 15) is 14.7 Å². The van der Waals surface area contributed by atoms with Crippen LogP contribution in [0.1, 0.15) is 16.1 Å². The third-order valence-corrected chi connectivity index (χ3v) is 3.00. The molecule has 0 aliphatic heterocycles. The molecule has 3 rings (SSSR count). The molecular weight excluding hydrogens is 260 g/mol. The molecule has 20 heavy (non-hydrogen) atoms. The Labute approximate surface area is 112 Å². The lowest BCUT2D eigenvalue weighted by Gasteiger charge is -2.03. The highest BCUT2D eigenvalue weighted by molar-refractivity contribution is 5.95. The Kier molecular flexibility index (Phi) is 2.83. The number of carbonyl (C=O) groups is 1. The van der Waals surface area contributed by atoms with Crippen LogP contribution in [0.2, 0.25) is 0 Å². The van der Waals surface area contributed by atoms with Crippen LogP contribution < -0.4 is 5.69 Å². The molecule has 0 saturated heterocycles. The Morgan fingerprint density at radius 2 is 2.10 bits per heavy atom. The van der Waals surface area contributed by atoms with E-state index < -0.39 is 11.7 Å². The van der Waals surface area contributed by atoms with Gasteiger partial charge in [-0.05, 0) is 12.1 Å².